The fourth-order valence-electron chi connectivity index (χ4n) is 4.16. The molecular weight excluding hydrogens is 430 g/mol. The second-order valence-corrected chi connectivity index (χ2v) is 9.40. The molecule has 2 aromatic rings. The second-order valence-electron chi connectivity index (χ2n) is 8.97. The number of nitrogens with one attached hydrogen (secondary N) is 1. The molecule has 32 heavy (non-hydrogen) atoms. The molecule has 0 bridgehead atoms. The van der Waals surface area contributed by atoms with Gasteiger partial charge in [-0.25, -0.2) is 0 Å². The fraction of sp³-hybridized carbons (Fsp3) is 0.480. The predicted molar refractivity (Wildman–Crippen MR) is 121 cm³/mol. The van der Waals surface area contributed by atoms with Gasteiger partial charge in [-0.05, 0) is 43.0 Å². The molecule has 2 saturated carbocycles. The fourth-order valence-corrected chi connectivity index (χ4v) is 4.37. The van der Waals surface area contributed by atoms with Crippen LogP contribution in [0.5, 0.6) is 0 Å². The van der Waals surface area contributed by atoms with Crippen molar-refractivity contribution in [3.8, 4) is 0 Å². The third-order valence-corrected chi connectivity index (χ3v) is 6.36. The summed E-state index contributed by atoms with van der Waals surface area (Å²) >= 11 is 6.05. The average Bonchev–Trinajstić information content (AvgIpc) is 3.58. The molecule has 2 fully saturated rings. The number of aliphatic hydroxyl groups is 2. The molecule has 4 atom stereocenters. The number of carbonyl (C=O) groups excluding carboxylic acids is 1. The van der Waals surface area contributed by atoms with Crippen molar-refractivity contribution in [1.29, 1.82) is 0 Å². The number of hydrogen-bond donors (Lipinski definition) is 3. The first kappa shape index (κ1) is 23.2. The summed E-state index contributed by atoms with van der Waals surface area (Å²) in [5, 5.41) is 24.9. The molecule has 2 aromatic carbocycles. The van der Waals surface area contributed by atoms with Crippen LogP contribution in [-0.4, -0.2) is 46.1 Å². The van der Waals surface area contributed by atoms with Crippen LogP contribution in [0.1, 0.15) is 42.4 Å². The van der Waals surface area contributed by atoms with Gasteiger partial charge in [0, 0.05) is 23.9 Å². The van der Waals surface area contributed by atoms with E-state index in [0.717, 1.165) is 29.5 Å². The SMILES string of the molecule is Cc1cccc(CO[C@]2(C(=O)NC3CC3)CC(OCc3cccc(Cl)c3)[C@H](O)[C@H](O)C2)c1. The zero-order valence-electron chi connectivity index (χ0n) is 18.2. The lowest BCUT2D eigenvalue weighted by molar-refractivity contribution is -0.200. The summed E-state index contributed by atoms with van der Waals surface area (Å²) in [5.74, 6) is -0.255. The Morgan fingerprint density at radius 1 is 1.09 bits per heavy atom. The molecule has 0 radical (unpaired) electrons. The van der Waals surface area contributed by atoms with Gasteiger partial charge >= 0.3 is 0 Å². The molecular formula is C25H30ClNO5. The van der Waals surface area contributed by atoms with Crippen molar-refractivity contribution >= 4 is 17.5 Å². The summed E-state index contributed by atoms with van der Waals surface area (Å²) in [5.41, 5.74) is 1.60. The number of carbonyl (C=O) groups is 1. The Balaban J connectivity index is 1.52. The van der Waals surface area contributed by atoms with Crippen LogP contribution in [0.4, 0.5) is 0 Å². The van der Waals surface area contributed by atoms with Gasteiger partial charge in [0.15, 0.2) is 5.60 Å². The van der Waals surface area contributed by atoms with E-state index in [2.05, 4.69) is 5.32 Å². The Kier molecular flexibility index (Phi) is 7.17. The van der Waals surface area contributed by atoms with E-state index in [4.69, 9.17) is 21.1 Å². The van der Waals surface area contributed by atoms with Crippen molar-refractivity contribution in [2.24, 2.45) is 0 Å². The minimum atomic E-state index is -1.29. The van der Waals surface area contributed by atoms with Crippen LogP contribution in [0.25, 0.3) is 0 Å². The Hall–Kier alpha value is -1.96. The van der Waals surface area contributed by atoms with E-state index in [0.29, 0.717) is 5.02 Å². The number of aryl methyl sites for hydroxylation is 1. The molecule has 0 heterocycles. The van der Waals surface area contributed by atoms with Gasteiger partial charge in [-0.2, -0.15) is 0 Å². The molecule has 4 rings (SSSR count). The van der Waals surface area contributed by atoms with Gasteiger partial charge in [0.1, 0.15) is 6.10 Å². The molecule has 172 valence electrons. The number of ether oxygens (including phenoxy) is 2. The van der Waals surface area contributed by atoms with Crippen LogP contribution in [0.15, 0.2) is 48.5 Å². The van der Waals surface area contributed by atoms with E-state index in [1.807, 2.05) is 43.3 Å². The second kappa shape index (κ2) is 9.89. The molecule has 7 heteroatoms. The van der Waals surface area contributed by atoms with Crippen molar-refractivity contribution in [2.45, 2.75) is 75.8 Å². The van der Waals surface area contributed by atoms with Crippen molar-refractivity contribution in [1.82, 2.24) is 5.32 Å². The number of amides is 1. The summed E-state index contributed by atoms with van der Waals surface area (Å²) in [4.78, 5) is 13.3. The van der Waals surface area contributed by atoms with Crippen LogP contribution >= 0.6 is 11.6 Å². The van der Waals surface area contributed by atoms with Gasteiger partial charge in [0.2, 0.25) is 0 Å². The molecule has 0 aromatic heterocycles. The van der Waals surface area contributed by atoms with Gasteiger partial charge in [0.05, 0.1) is 25.4 Å². The number of halogens is 1. The Bertz CT molecular complexity index is 949. The highest BCUT2D eigenvalue weighted by Crippen LogP contribution is 2.36. The number of rotatable bonds is 8. The predicted octanol–water partition coefficient (Wildman–Crippen LogP) is 3.28. The highest BCUT2D eigenvalue weighted by molar-refractivity contribution is 6.30. The van der Waals surface area contributed by atoms with E-state index in [-0.39, 0.29) is 38.0 Å². The zero-order valence-corrected chi connectivity index (χ0v) is 18.9. The quantitative estimate of drug-likeness (QED) is 0.563. The van der Waals surface area contributed by atoms with Crippen LogP contribution in [0.3, 0.4) is 0 Å². The van der Waals surface area contributed by atoms with E-state index in [1.165, 1.54) is 0 Å². The Morgan fingerprint density at radius 3 is 2.50 bits per heavy atom. The van der Waals surface area contributed by atoms with Crippen molar-refractivity contribution < 1.29 is 24.5 Å². The molecule has 1 unspecified atom stereocenters. The van der Waals surface area contributed by atoms with E-state index in [9.17, 15) is 15.0 Å². The maximum atomic E-state index is 13.3. The van der Waals surface area contributed by atoms with Gasteiger partial charge in [-0.15, -0.1) is 0 Å². The molecule has 2 aliphatic carbocycles. The molecule has 6 nitrogen and oxygen atoms in total. The van der Waals surface area contributed by atoms with Gasteiger partial charge in [0.25, 0.3) is 5.91 Å². The van der Waals surface area contributed by atoms with E-state index in [1.54, 1.807) is 12.1 Å². The summed E-state index contributed by atoms with van der Waals surface area (Å²) < 4.78 is 12.2. The zero-order chi connectivity index (χ0) is 22.7. The highest BCUT2D eigenvalue weighted by atomic mass is 35.5. The summed E-state index contributed by atoms with van der Waals surface area (Å²) in [6.07, 6.45) is -0.973. The molecule has 0 saturated heterocycles. The summed E-state index contributed by atoms with van der Waals surface area (Å²) in [7, 11) is 0. The lowest BCUT2D eigenvalue weighted by Crippen LogP contribution is -2.60. The van der Waals surface area contributed by atoms with Crippen molar-refractivity contribution in [3.05, 3.63) is 70.2 Å². The van der Waals surface area contributed by atoms with Crippen molar-refractivity contribution in [2.75, 3.05) is 0 Å². The minimum absolute atomic E-state index is 0.00948. The maximum absolute atomic E-state index is 13.3. The average molecular weight is 460 g/mol. The molecule has 2 aliphatic rings. The number of hydrogen-bond acceptors (Lipinski definition) is 5. The summed E-state index contributed by atoms with van der Waals surface area (Å²) in [6.45, 7) is 2.43. The largest absolute Gasteiger partial charge is 0.390 e. The molecule has 0 aliphatic heterocycles. The van der Waals surface area contributed by atoms with Crippen LogP contribution in [0.2, 0.25) is 5.02 Å². The standard InChI is InChI=1S/C25H30ClNO5/c1-16-4-2-5-17(10-16)15-32-25(24(30)27-20-8-9-20)12-21(28)23(29)22(13-25)31-14-18-6-3-7-19(26)11-18/h2-7,10-11,20-23,28-29H,8-9,12-15H2,1H3,(H,27,30)/t21-,22?,23-,25+/m1/s1. The Morgan fingerprint density at radius 2 is 1.81 bits per heavy atom. The molecule has 3 N–H and O–H groups in total. The Labute approximate surface area is 193 Å². The van der Waals surface area contributed by atoms with Gasteiger partial charge in [-0.1, -0.05) is 53.6 Å². The molecule has 0 spiro atoms. The van der Waals surface area contributed by atoms with Crippen molar-refractivity contribution in [3.63, 3.8) is 0 Å². The van der Waals surface area contributed by atoms with Gasteiger partial charge in [-0.3, -0.25) is 4.79 Å². The first-order valence-corrected chi connectivity index (χ1v) is 11.4. The van der Waals surface area contributed by atoms with Gasteiger partial charge < -0.3 is 25.0 Å². The third-order valence-electron chi connectivity index (χ3n) is 6.12. The maximum Gasteiger partial charge on any atom is 0.252 e. The number of benzene rings is 2. The topological polar surface area (TPSA) is 88.0 Å². The minimum Gasteiger partial charge on any atom is -0.390 e. The van der Waals surface area contributed by atoms with E-state index < -0.39 is 23.9 Å². The normalized spacial score (nSPS) is 27.8. The van der Waals surface area contributed by atoms with Crippen LogP contribution in [-0.2, 0) is 27.5 Å². The van der Waals surface area contributed by atoms with E-state index >= 15 is 0 Å². The highest BCUT2D eigenvalue weighted by Gasteiger charge is 2.52. The lowest BCUT2D eigenvalue weighted by Gasteiger charge is -2.44. The van der Waals surface area contributed by atoms with Crippen LogP contribution in [0, 0.1) is 6.92 Å². The monoisotopic (exact) mass is 459 g/mol. The number of aliphatic hydroxyl groups excluding tert-OH is 2. The van der Waals surface area contributed by atoms with Crippen LogP contribution < -0.4 is 5.32 Å². The first-order valence-electron chi connectivity index (χ1n) is 11.1. The first-order chi connectivity index (χ1) is 15.3. The lowest BCUT2D eigenvalue weighted by atomic mass is 9.78. The molecule has 1 amide bonds. The summed E-state index contributed by atoms with van der Waals surface area (Å²) in [6, 6.07) is 15.3. The smallest absolute Gasteiger partial charge is 0.252 e. The third kappa shape index (κ3) is 5.69.